The smallest absolute Gasteiger partial charge is 0.188 e. The molecule has 5 aromatic rings. The molecule has 0 radical (unpaired) electrons. The number of halogens is 1. The Bertz CT molecular complexity index is 1340. The molecule has 0 fully saturated rings. The molecule has 8 heteroatoms. The molecule has 1 N–H and O–H groups in total. The van der Waals surface area contributed by atoms with E-state index < -0.39 is 0 Å². The van der Waals surface area contributed by atoms with Gasteiger partial charge < -0.3 is 5.32 Å². The van der Waals surface area contributed by atoms with Crippen LogP contribution in [-0.2, 0) is 13.6 Å². The Balaban J connectivity index is 1.40. The number of nitrogens with one attached hydrogen (secondary N) is 1. The summed E-state index contributed by atoms with van der Waals surface area (Å²) in [5.41, 5.74) is 4.19. The molecule has 3 heterocycles. The van der Waals surface area contributed by atoms with Crippen LogP contribution in [0.3, 0.4) is 0 Å². The molecule has 0 atom stereocenters. The van der Waals surface area contributed by atoms with Gasteiger partial charge in [-0.1, -0.05) is 30.3 Å². The molecular formula is C22H18FN7. The van der Waals surface area contributed by atoms with Crippen LogP contribution in [0.25, 0.3) is 28.2 Å². The topological polar surface area (TPSA) is 72.9 Å². The molecule has 0 saturated heterocycles. The van der Waals surface area contributed by atoms with E-state index in [0.717, 1.165) is 16.7 Å². The first kappa shape index (κ1) is 18.0. The minimum absolute atomic E-state index is 0.360. The molecule has 5 rings (SSSR count). The minimum atomic E-state index is -0.362. The van der Waals surface area contributed by atoms with Crippen LogP contribution in [0.2, 0.25) is 0 Å². The molecule has 30 heavy (non-hydrogen) atoms. The van der Waals surface area contributed by atoms with Gasteiger partial charge in [-0.05, 0) is 41.5 Å². The molecule has 3 aromatic heterocycles. The number of aromatic nitrogens is 6. The number of benzene rings is 2. The lowest BCUT2D eigenvalue weighted by Crippen LogP contribution is -2.05. The number of hydrogen-bond donors (Lipinski definition) is 1. The largest absolute Gasteiger partial charge is 0.365 e. The van der Waals surface area contributed by atoms with E-state index in [4.69, 9.17) is 0 Å². The Morgan fingerprint density at radius 3 is 2.70 bits per heavy atom. The summed E-state index contributed by atoms with van der Waals surface area (Å²) in [5.74, 6) is 0.649. The lowest BCUT2D eigenvalue weighted by molar-refractivity contribution is 0.629. The maximum atomic E-state index is 14.2. The van der Waals surface area contributed by atoms with Crippen molar-refractivity contribution in [1.29, 1.82) is 0 Å². The first-order valence-electron chi connectivity index (χ1n) is 9.46. The molecule has 0 amide bonds. The average Bonchev–Trinajstić information content (AvgIpc) is 3.39. The monoisotopic (exact) mass is 399 g/mol. The molecule has 0 aliphatic heterocycles. The summed E-state index contributed by atoms with van der Waals surface area (Å²) < 4.78 is 17.5. The third-order valence-corrected chi connectivity index (χ3v) is 4.82. The Labute approximate surface area is 171 Å². The van der Waals surface area contributed by atoms with Gasteiger partial charge in [0.15, 0.2) is 11.5 Å². The van der Waals surface area contributed by atoms with E-state index in [0.29, 0.717) is 29.4 Å². The highest BCUT2D eigenvalue weighted by atomic mass is 19.1. The van der Waals surface area contributed by atoms with Gasteiger partial charge in [-0.2, -0.15) is 9.61 Å². The molecule has 0 spiro atoms. The first-order chi connectivity index (χ1) is 14.7. The highest BCUT2D eigenvalue weighted by Gasteiger charge is 2.13. The predicted molar refractivity (Wildman–Crippen MR) is 112 cm³/mol. The lowest BCUT2D eigenvalue weighted by Gasteiger charge is -2.08. The minimum Gasteiger partial charge on any atom is -0.365 e. The Morgan fingerprint density at radius 1 is 0.967 bits per heavy atom. The number of rotatable bonds is 5. The molecule has 0 saturated carbocycles. The fourth-order valence-corrected chi connectivity index (χ4v) is 3.32. The Hall–Kier alpha value is -4.07. The van der Waals surface area contributed by atoms with Crippen molar-refractivity contribution < 1.29 is 4.39 Å². The summed E-state index contributed by atoms with van der Waals surface area (Å²) in [6, 6.07) is 18.3. The zero-order valence-electron chi connectivity index (χ0n) is 16.2. The van der Waals surface area contributed by atoms with Crippen LogP contribution in [-0.4, -0.2) is 29.6 Å². The summed E-state index contributed by atoms with van der Waals surface area (Å²) in [6.45, 7) is 0.587. The molecule has 0 bridgehead atoms. The van der Waals surface area contributed by atoms with Gasteiger partial charge in [0.25, 0.3) is 0 Å². The standard InChI is InChI=1S/C22H18FN7/c1-29-14-17(13-25-29)16-6-4-5-15(11-16)12-24-20-9-10-21-26-27-22(30(21)28-20)18-7-2-3-8-19(18)23/h2-11,13-14H,12H2,1H3,(H,24,28). The van der Waals surface area contributed by atoms with Gasteiger partial charge in [-0.15, -0.1) is 15.3 Å². The summed E-state index contributed by atoms with van der Waals surface area (Å²) in [4.78, 5) is 0. The van der Waals surface area contributed by atoms with Crippen molar-refractivity contribution >= 4 is 11.5 Å². The van der Waals surface area contributed by atoms with Gasteiger partial charge in [0.05, 0.1) is 11.8 Å². The second-order valence-corrected chi connectivity index (χ2v) is 6.95. The zero-order chi connectivity index (χ0) is 20.5. The molecule has 0 unspecified atom stereocenters. The number of nitrogens with zero attached hydrogens (tertiary/aromatic N) is 6. The fraction of sp³-hybridized carbons (Fsp3) is 0.0909. The van der Waals surface area contributed by atoms with E-state index in [2.05, 4.69) is 43.9 Å². The van der Waals surface area contributed by atoms with E-state index in [-0.39, 0.29) is 5.82 Å². The summed E-state index contributed by atoms with van der Waals surface area (Å²) in [7, 11) is 1.90. The molecule has 7 nitrogen and oxygen atoms in total. The van der Waals surface area contributed by atoms with Gasteiger partial charge >= 0.3 is 0 Å². The van der Waals surface area contributed by atoms with Crippen LogP contribution in [0.1, 0.15) is 5.56 Å². The maximum absolute atomic E-state index is 14.2. The summed E-state index contributed by atoms with van der Waals surface area (Å²) >= 11 is 0. The van der Waals surface area contributed by atoms with Crippen molar-refractivity contribution in [2.75, 3.05) is 5.32 Å². The van der Waals surface area contributed by atoms with E-state index in [9.17, 15) is 4.39 Å². The third kappa shape index (κ3) is 3.39. The highest BCUT2D eigenvalue weighted by Crippen LogP contribution is 2.22. The van der Waals surface area contributed by atoms with Crippen LogP contribution in [0, 0.1) is 5.82 Å². The average molecular weight is 399 g/mol. The zero-order valence-corrected chi connectivity index (χ0v) is 16.2. The quantitative estimate of drug-likeness (QED) is 0.485. The van der Waals surface area contributed by atoms with E-state index in [1.54, 1.807) is 33.5 Å². The van der Waals surface area contributed by atoms with Gasteiger partial charge in [0, 0.05) is 25.4 Å². The highest BCUT2D eigenvalue weighted by molar-refractivity contribution is 5.63. The number of anilines is 1. The molecule has 0 aliphatic carbocycles. The molecule has 2 aromatic carbocycles. The third-order valence-electron chi connectivity index (χ3n) is 4.82. The van der Waals surface area contributed by atoms with Gasteiger partial charge in [0.1, 0.15) is 11.6 Å². The molecule has 148 valence electrons. The van der Waals surface area contributed by atoms with Crippen LogP contribution >= 0.6 is 0 Å². The van der Waals surface area contributed by atoms with E-state index >= 15 is 0 Å². The van der Waals surface area contributed by atoms with Crippen molar-refractivity contribution in [2.45, 2.75) is 6.54 Å². The second-order valence-electron chi connectivity index (χ2n) is 6.95. The van der Waals surface area contributed by atoms with Crippen LogP contribution < -0.4 is 5.32 Å². The summed E-state index contributed by atoms with van der Waals surface area (Å²) in [5, 5.41) is 20.3. The van der Waals surface area contributed by atoms with Crippen molar-refractivity contribution in [1.82, 2.24) is 29.6 Å². The Kier molecular flexibility index (Phi) is 4.44. The number of aryl methyl sites for hydroxylation is 1. The second kappa shape index (κ2) is 7.40. The first-order valence-corrected chi connectivity index (χ1v) is 9.46. The lowest BCUT2D eigenvalue weighted by atomic mass is 10.1. The van der Waals surface area contributed by atoms with E-state index in [1.807, 2.05) is 31.6 Å². The van der Waals surface area contributed by atoms with Crippen molar-refractivity contribution in [3.05, 3.63) is 84.4 Å². The Morgan fingerprint density at radius 2 is 1.87 bits per heavy atom. The van der Waals surface area contributed by atoms with E-state index in [1.165, 1.54) is 6.07 Å². The predicted octanol–water partition coefficient (Wildman–Crippen LogP) is 3.94. The van der Waals surface area contributed by atoms with Crippen LogP contribution in [0.4, 0.5) is 10.2 Å². The number of fused-ring (bicyclic) bond motifs is 1. The SMILES string of the molecule is Cn1cc(-c2cccc(CNc3ccc4nnc(-c5ccccc5F)n4n3)c2)cn1. The molecule has 0 aliphatic rings. The van der Waals surface area contributed by atoms with Crippen LogP contribution in [0.5, 0.6) is 0 Å². The number of hydrogen-bond acceptors (Lipinski definition) is 5. The summed E-state index contributed by atoms with van der Waals surface area (Å²) in [6.07, 6.45) is 3.83. The van der Waals surface area contributed by atoms with Crippen molar-refractivity contribution in [3.63, 3.8) is 0 Å². The molecular weight excluding hydrogens is 381 g/mol. The van der Waals surface area contributed by atoms with Crippen molar-refractivity contribution in [2.24, 2.45) is 7.05 Å². The van der Waals surface area contributed by atoms with Gasteiger partial charge in [0.2, 0.25) is 0 Å². The van der Waals surface area contributed by atoms with Gasteiger partial charge in [-0.3, -0.25) is 4.68 Å². The van der Waals surface area contributed by atoms with Crippen LogP contribution in [0.15, 0.2) is 73.1 Å². The maximum Gasteiger partial charge on any atom is 0.188 e. The van der Waals surface area contributed by atoms with Crippen molar-refractivity contribution in [3.8, 4) is 22.5 Å². The normalized spacial score (nSPS) is 11.1. The fourth-order valence-electron chi connectivity index (χ4n) is 3.32. The van der Waals surface area contributed by atoms with Gasteiger partial charge in [-0.25, -0.2) is 4.39 Å².